The molecule has 0 rings (SSSR count). The highest BCUT2D eigenvalue weighted by molar-refractivity contribution is 5.92. The summed E-state index contributed by atoms with van der Waals surface area (Å²) in [7, 11) is 1.12. The number of carbonyl (C=O) groups excluding carboxylic acids is 6. The summed E-state index contributed by atoms with van der Waals surface area (Å²) in [5, 5.41) is 9.47. The third-order valence-electron chi connectivity index (χ3n) is 3.60. The molecule has 0 aliphatic heterocycles. The highest BCUT2D eigenvalue weighted by atomic mass is 16.5. The monoisotopic (exact) mass is 430 g/mol. The van der Waals surface area contributed by atoms with E-state index in [1.165, 1.54) is 0 Å². The Hall–Kier alpha value is -3.22. The lowest BCUT2D eigenvalue weighted by Crippen LogP contribution is -2.49. The average Bonchev–Trinajstić information content (AvgIpc) is 2.73. The number of ether oxygens (including phenoxy) is 1. The first-order chi connectivity index (χ1) is 14.2. The first kappa shape index (κ1) is 26.8. The fourth-order valence-electron chi connectivity index (χ4n) is 1.93. The molecular weight excluding hydrogens is 400 g/mol. The second kappa shape index (κ2) is 15.7. The van der Waals surface area contributed by atoms with Crippen molar-refractivity contribution in [2.24, 2.45) is 5.73 Å². The van der Waals surface area contributed by atoms with Gasteiger partial charge in [-0.3, -0.25) is 28.8 Å². The largest absolute Gasteiger partial charge is 0.468 e. The summed E-state index contributed by atoms with van der Waals surface area (Å²) in [6.07, 6.45) is 1.75. The number of unbranched alkanes of at least 4 members (excludes halogenated alkanes) is 1. The molecule has 0 atom stereocenters. The Morgan fingerprint density at radius 3 is 1.93 bits per heavy atom. The molecule has 0 bridgehead atoms. The van der Waals surface area contributed by atoms with Crippen LogP contribution >= 0.6 is 0 Å². The van der Waals surface area contributed by atoms with Gasteiger partial charge in [0.15, 0.2) is 0 Å². The van der Waals surface area contributed by atoms with E-state index in [-0.39, 0.29) is 19.0 Å². The van der Waals surface area contributed by atoms with E-state index in [1.807, 2.05) is 6.92 Å². The number of esters is 1. The lowest BCUT2D eigenvalue weighted by atomic mass is 10.3. The van der Waals surface area contributed by atoms with Crippen LogP contribution < -0.4 is 27.0 Å². The maximum atomic E-state index is 12.1. The van der Waals surface area contributed by atoms with Crippen molar-refractivity contribution >= 4 is 35.5 Å². The van der Waals surface area contributed by atoms with Gasteiger partial charge in [-0.15, -0.1) is 0 Å². The first-order valence-corrected chi connectivity index (χ1v) is 9.34. The van der Waals surface area contributed by atoms with Crippen LogP contribution in [0.1, 0.15) is 19.8 Å². The minimum absolute atomic E-state index is 0.230. The fraction of sp³-hybridized carbons (Fsp3) is 0.647. The van der Waals surface area contributed by atoms with Crippen LogP contribution in [0.5, 0.6) is 0 Å². The number of nitrogens with two attached hydrogens (primary N) is 1. The normalized spacial score (nSPS) is 9.83. The van der Waals surface area contributed by atoms with Crippen molar-refractivity contribution < 1.29 is 33.5 Å². The second-order valence-corrected chi connectivity index (χ2v) is 6.06. The zero-order chi connectivity index (χ0) is 22.9. The van der Waals surface area contributed by atoms with Gasteiger partial charge in [0.2, 0.25) is 29.5 Å². The average molecular weight is 430 g/mol. The molecule has 0 aromatic rings. The minimum Gasteiger partial charge on any atom is -0.468 e. The van der Waals surface area contributed by atoms with Gasteiger partial charge in [0, 0.05) is 6.54 Å². The summed E-state index contributed by atoms with van der Waals surface area (Å²) in [6.45, 7) is -0.0189. The Bertz CT molecular complexity index is 626. The molecule has 170 valence electrons. The van der Waals surface area contributed by atoms with Crippen molar-refractivity contribution in [3.8, 4) is 0 Å². The summed E-state index contributed by atoms with van der Waals surface area (Å²) < 4.78 is 4.47. The number of hydrogen-bond donors (Lipinski definition) is 5. The Kier molecular flexibility index (Phi) is 14.0. The molecule has 13 heteroatoms. The third-order valence-corrected chi connectivity index (χ3v) is 3.60. The molecule has 0 spiro atoms. The summed E-state index contributed by atoms with van der Waals surface area (Å²) >= 11 is 0. The first-order valence-electron chi connectivity index (χ1n) is 9.34. The maximum Gasteiger partial charge on any atom is 0.325 e. The molecule has 0 fully saturated rings. The lowest BCUT2D eigenvalue weighted by molar-refractivity contribution is -0.148. The predicted molar refractivity (Wildman–Crippen MR) is 105 cm³/mol. The summed E-state index contributed by atoms with van der Waals surface area (Å²) in [6, 6.07) is 0. The van der Waals surface area contributed by atoms with Crippen LogP contribution in [0, 0.1) is 0 Å². The minimum atomic E-state index is -0.770. The fourth-order valence-corrected chi connectivity index (χ4v) is 1.93. The van der Waals surface area contributed by atoms with Crippen molar-refractivity contribution in [2.45, 2.75) is 19.8 Å². The Balaban J connectivity index is 4.47. The van der Waals surface area contributed by atoms with Crippen molar-refractivity contribution in [3.05, 3.63) is 0 Å². The Labute approximate surface area is 174 Å². The lowest BCUT2D eigenvalue weighted by Gasteiger charge is -2.21. The van der Waals surface area contributed by atoms with Crippen molar-refractivity contribution in [2.75, 3.05) is 52.9 Å². The van der Waals surface area contributed by atoms with E-state index in [0.29, 0.717) is 6.54 Å². The molecule has 5 amide bonds. The van der Waals surface area contributed by atoms with E-state index in [0.717, 1.165) is 24.9 Å². The van der Waals surface area contributed by atoms with Crippen LogP contribution in [0.25, 0.3) is 0 Å². The molecular formula is C17H30N6O7. The van der Waals surface area contributed by atoms with Gasteiger partial charge in [-0.1, -0.05) is 13.3 Å². The molecule has 0 unspecified atom stereocenters. The standard InChI is InChI=1S/C17H30N6O7/c1-3-4-5-19-13(25)7-20-14(26)8-21-15(27)10-23(11-17(29)30-2)16(28)9-22-12(24)6-18/h3-11,18H2,1-2H3,(H,19,25)(H,20,26)(H,21,27)(H,22,24). The molecule has 30 heavy (non-hydrogen) atoms. The number of methoxy groups -OCH3 is 1. The van der Waals surface area contributed by atoms with Gasteiger partial charge in [0.1, 0.15) is 13.1 Å². The van der Waals surface area contributed by atoms with Gasteiger partial charge >= 0.3 is 5.97 Å². The number of rotatable bonds is 14. The smallest absolute Gasteiger partial charge is 0.325 e. The molecule has 0 aliphatic rings. The molecule has 0 aromatic carbocycles. The van der Waals surface area contributed by atoms with E-state index in [2.05, 4.69) is 26.0 Å². The Morgan fingerprint density at radius 2 is 1.37 bits per heavy atom. The SMILES string of the molecule is CCCCNC(=O)CNC(=O)CNC(=O)CN(CC(=O)OC)C(=O)CNC(=O)CN. The molecule has 0 aliphatic carbocycles. The van der Waals surface area contributed by atoms with E-state index in [9.17, 15) is 28.8 Å². The second-order valence-electron chi connectivity index (χ2n) is 6.06. The third kappa shape index (κ3) is 13.0. The van der Waals surface area contributed by atoms with Crippen LogP contribution in [-0.4, -0.2) is 93.3 Å². The van der Waals surface area contributed by atoms with Gasteiger partial charge in [0.25, 0.3) is 0 Å². The molecule has 13 nitrogen and oxygen atoms in total. The van der Waals surface area contributed by atoms with Crippen LogP contribution in [0.2, 0.25) is 0 Å². The van der Waals surface area contributed by atoms with Crippen molar-refractivity contribution in [3.63, 3.8) is 0 Å². The zero-order valence-corrected chi connectivity index (χ0v) is 17.2. The van der Waals surface area contributed by atoms with Gasteiger partial charge < -0.3 is 36.6 Å². The summed E-state index contributed by atoms with van der Waals surface area (Å²) in [5.41, 5.74) is 5.12. The molecule has 6 N–H and O–H groups in total. The highest BCUT2D eigenvalue weighted by Crippen LogP contribution is 1.92. The van der Waals surface area contributed by atoms with Gasteiger partial charge in [-0.2, -0.15) is 0 Å². The Morgan fingerprint density at radius 1 is 0.800 bits per heavy atom. The van der Waals surface area contributed by atoms with E-state index < -0.39 is 55.8 Å². The summed E-state index contributed by atoms with van der Waals surface area (Å²) in [4.78, 5) is 70.8. The number of amides is 5. The number of hydrogen-bond acceptors (Lipinski definition) is 8. The van der Waals surface area contributed by atoms with Crippen molar-refractivity contribution in [1.82, 2.24) is 26.2 Å². The topological polar surface area (TPSA) is 189 Å². The number of nitrogens with one attached hydrogen (secondary N) is 4. The van der Waals surface area contributed by atoms with Crippen LogP contribution in [0.3, 0.4) is 0 Å². The zero-order valence-electron chi connectivity index (χ0n) is 17.2. The van der Waals surface area contributed by atoms with Crippen molar-refractivity contribution in [1.29, 1.82) is 0 Å². The number of nitrogens with zero attached hydrogens (tertiary/aromatic N) is 1. The van der Waals surface area contributed by atoms with E-state index in [4.69, 9.17) is 5.73 Å². The molecule has 0 saturated heterocycles. The van der Waals surface area contributed by atoms with Crippen LogP contribution in [-0.2, 0) is 33.5 Å². The van der Waals surface area contributed by atoms with E-state index in [1.54, 1.807) is 0 Å². The van der Waals surface area contributed by atoms with Gasteiger partial charge in [-0.05, 0) is 6.42 Å². The van der Waals surface area contributed by atoms with Crippen LogP contribution in [0.4, 0.5) is 0 Å². The molecule has 0 saturated carbocycles. The molecule has 0 radical (unpaired) electrons. The predicted octanol–water partition coefficient (Wildman–Crippen LogP) is -3.79. The number of carbonyl (C=O) groups is 6. The highest BCUT2D eigenvalue weighted by Gasteiger charge is 2.21. The van der Waals surface area contributed by atoms with Gasteiger partial charge in [-0.25, -0.2) is 0 Å². The molecule has 0 heterocycles. The van der Waals surface area contributed by atoms with Gasteiger partial charge in [0.05, 0.1) is 33.3 Å². The molecule has 0 aromatic heterocycles. The maximum absolute atomic E-state index is 12.1. The van der Waals surface area contributed by atoms with E-state index >= 15 is 0 Å². The summed E-state index contributed by atoms with van der Waals surface area (Å²) in [5.74, 6) is -3.74. The quantitative estimate of drug-likeness (QED) is 0.137. The van der Waals surface area contributed by atoms with Crippen LogP contribution in [0.15, 0.2) is 0 Å².